The van der Waals surface area contributed by atoms with Gasteiger partial charge in [-0.15, -0.1) is 0 Å². The van der Waals surface area contributed by atoms with Crippen molar-refractivity contribution in [3.63, 3.8) is 0 Å². The normalized spacial score (nSPS) is 15.3. The van der Waals surface area contributed by atoms with Gasteiger partial charge < -0.3 is 10.2 Å². The summed E-state index contributed by atoms with van der Waals surface area (Å²) in [4.78, 5) is 16.8. The van der Waals surface area contributed by atoms with Crippen LogP contribution in [-0.4, -0.2) is 61.3 Å². The van der Waals surface area contributed by atoms with Gasteiger partial charge in [0.2, 0.25) is 0 Å². The second-order valence-corrected chi connectivity index (χ2v) is 6.71. The summed E-state index contributed by atoms with van der Waals surface area (Å²) in [7, 11) is 0. The smallest absolute Gasteiger partial charge is 0.133 e. The molecule has 0 atom stereocenters. The summed E-state index contributed by atoms with van der Waals surface area (Å²) in [5.41, 5.74) is 1.10. The first-order valence-corrected chi connectivity index (χ1v) is 9.59. The molecule has 0 spiro atoms. The number of aliphatic imine (C=N–C) groups is 4. The molecule has 1 aliphatic heterocycles. The molecular weight excluding hydrogens is 390 g/mol. The average molecular weight is 412 g/mol. The van der Waals surface area contributed by atoms with Gasteiger partial charge in [0.25, 0.3) is 0 Å². The highest BCUT2D eigenvalue weighted by Crippen LogP contribution is 2.22. The van der Waals surface area contributed by atoms with Crippen LogP contribution in [0.4, 0.5) is 8.78 Å². The van der Waals surface area contributed by atoms with E-state index in [4.69, 9.17) is 0 Å². The lowest BCUT2D eigenvalue weighted by atomic mass is 10.1. The Bertz CT molecular complexity index is 865. The largest absolute Gasteiger partial charge is 0.507 e. The number of halogens is 2. The third kappa shape index (κ3) is 5.79. The number of phenolic OH excluding ortho intramolecular Hbond substituents is 2. The molecule has 0 radical (unpaired) electrons. The van der Waals surface area contributed by atoms with E-state index in [9.17, 15) is 19.0 Å². The zero-order chi connectivity index (χ0) is 21.3. The van der Waals surface area contributed by atoms with Gasteiger partial charge in [-0.1, -0.05) is 0 Å². The van der Waals surface area contributed by atoms with Crippen molar-refractivity contribution in [2.45, 2.75) is 12.8 Å². The van der Waals surface area contributed by atoms with Crippen molar-refractivity contribution in [1.29, 1.82) is 0 Å². The topological polar surface area (TPSA) is 89.9 Å². The molecule has 8 heteroatoms. The molecule has 0 saturated heterocycles. The molecule has 156 valence electrons. The molecule has 0 unspecified atom stereocenters. The van der Waals surface area contributed by atoms with E-state index in [-0.39, 0.29) is 33.8 Å². The molecule has 2 aromatic carbocycles. The van der Waals surface area contributed by atoms with Gasteiger partial charge in [0.15, 0.2) is 0 Å². The Morgan fingerprint density at radius 2 is 0.800 bits per heavy atom. The lowest BCUT2D eigenvalue weighted by molar-refractivity contribution is 0.471. The Morgan fingerprint density at radius 1 is 0.533 bits per heavy atom. The van der Waals surface area contributed by atoms with Crippen molar-refractivity contribution >= 4 is 24.9 Å². The summed E-state index contributed by atoms with van der Waals surface area (Å²) in [6.07, 6.45) is 6.83. The zero-order valence-electron chi connectivity index (χ0n) is 16.3. The second kappa shape index (κ2) is 10.4. The van der Waals surface area contributed by atoms with Crippen LogP contribution in [0.1, 0.15) is 35.1 Å². The molecule has 0 amide bonds. The van der Waals surface area contributed by atoms with Gasteiger partial charge in [0, 0.05) is 73.3 Å². The van der Waals surface area contributed by atoms with E-state index in [1.165, 1.54) is 49.1 Å². The first kappa shape index (κ1) is 21.3. The van der Waals surface area contributed by atoms with Gasteiger partial charge in [-0.3, -0.25) is 20.0 Å². The van der Waals surface area contributed by atoms with Crippen LogP contribution >= 0.6 is 0 Å². The molecule has 1 heterocycles. The molecule has 3 rings (SSSR count). The van der Waals surface area contributed by atoms with Crippen molar-refractivity contribution < 1.29 is 19.0 Å². The van der Waals surface area contributed by atoms with Crippen LogP contribution in [0.15, 0.2) is 44.2 Å². The van der Waals surface area contributed by atoms with Gasteiger partial charge >= 0.3 is 0 Å². The highest BCUT2D eigenvalue weighted by Gasteiger charge is 2.08. The molecule has 30 heavy (non-hydrogen) atoms. The van der Waals surface area contributed by atoms with Gasteiger partial charge in [0.1, 0.15) is 23.1 Å². The Morgan fingerprint density at radius 3 is 1.07 bits per heavy atom. The Balaban J connectivity index is 1.83. The fourth-order valence-electron chi connectivity index (χ4n) is 2.84. The average Bonchev–Trinajstić information content (AvgIpc) is 2.71. The van der Waals surface area contributed by atoms with E-state index >= 15 is 0 Å². The quantitative estimate of drug-likeness (QED) is 0.693. The predicted molar refractivity (Wildman–Crippen MR) is 115 cm³/mol. The number of benzene rings is 2. The lowest BCUT2D eigenvalue weighted by Gasteiger charge is -2.05. The van der Waals surface area contributed by atoms with E-state index in [0.29, 0.717) is 39.0 Å². The summed E-state index contributed by atoms with van der Waals surface area (Å²) in [5, 5.41) is 20.6. The summed E-state index contributed by atoms with van der Waals surface area (Å²) < 4.78 is 27.7. The Hall–Kier alpha value is -3.42. The lowest BCUT2D eigenvalue weighted by Crippen LogP contribution is -1.96. The molecular formula is C22H22F2N4O2. The first-order valence-electron chi connectivity index (χ1n) is 9.59. The van der Waals surface area contributed by atoms with Gasteiger partial charge in [-0.2, -0.15) is 0 Å². The van der Waals surface area contributed by atoms with Crippen LogP contribution in [0.3, 0.4) is 0 Å². The van der Waals surface area contributed by atoms with Gasteiger partial charge in [-0.05, 0) is 37.1 Å². The van der Waals surface area contributed by atoms with Crippen LogP contribution < -0.4 is 0 Å². The highest BCUT2D eigenvalue weighted by atomic mass is 19.1. The summed E-state index contributed by atoms with van der Waals surface area (Å²) in [6.45, 7) is 1.63. The minimum Gasteiger partial charge on any atom is -0.507 e. The maximum atomic E-state index is 13.8. The maximum Gasteiger partial charge on any atom is 0.133 e. The fourth-order valence-corrected chi connectivity index (χ4v) is 2.84. The molecule has 2 N–H and O–H groups in total. The van der Waals surface area contributed by atoms with E-state index in [2.05, 4.69) is 20.0 Å². The summed E-state index contributed by atoms with van der Waals surface area (Å²) in [5.74, 6) is -1.13. The number of rotatable bonds is 0. The monoisotopic (exact) mass is 412 g/mol. The SMILES string of the molecule is Oc1c2cc(F)cc1C=NCCCN=Cc1cc(F)cc(c1O)C=NCCCN=C2. The number of fused-ring (bicyclic) bond motifs is 4. The van der Waals surface area contributed by atoms with Crippen LogP contribution in [0.2, 0.25) is 0 Å². The molecule has 2 aromatic rings. The maximum absolute atomic E-state index is 13.8. The number of hydrogen-bond donors (Lipinski definition) is 2. The molecule has 0 fully saturated rings. The third-order valence-corrected chi connectivity index (χ3v) is 4.34. The highest BCUT2D eigenvalue weighted by molar-refractivity contribution is 5.92. The van der Waals surface area contributed by atoms with Crippen LogP contribution in [0.25, 0.3) is 0 Å². The number of nitrogens with zero attached hydrogens (tertiary/aromatic N) is 4. The Labute approximate surface area is 173 Å². The van der Waals surface area contributed by atoms with E-state index in [1.807, 2.05) is 0 Å². The van der Waals surface area contributed by atoms with Gasteiger partial charge in [-0.25, -0.2) is 8.78 Å². The third-order valence-electron chi connectivity index (χ3n) is 4.34. The molecule has 4 bridgehead atoms. The van der Waals surface area contributed by atoms with Crippen LogP contribution in [-0.2, 0) is 0 Å². The van der Waals surface area contributed by atoms with Crippen LogP contribution in [0, 0.1) is 11.6 Å². The second-order valence-electron chi connectivity index (χ2n) is 6.71. The van der Waals surface area contributed by atoms with E-state index < -0.39 is 11.6 Å². The number of aromatic hydroxyl groups is 2. The van der Waals surface area contributed by atoms with Crippen LogP contribution in [0.5, 0.6) is 11.5 Å². The van der Waals surface area contributed by atoms with Gasteiger partial charge in [0.05, 0.1) is 0 Å². The van der Waals surface area contributed by atoms with Crippen molar-refractivity contribution in [1.82, 2.24) is 0 Å². The minimum atomic E-state index is -0.486. The van der Waals surface area contributed by atoms with E-state index in [0.717, 1.165) is 0 Å². The Kier molecular flexibility index (Phi) is 7.37. The number of hydrogen-bond acceptors (Lipinski definition) is 6. The van der Waals surface area contributed by atoms with Crippen molar-refractivity contribution in [2.75, 3.05) is 26.2 Å². The van der Waals surface area contributed by atoms with Crippen molar-refractivity contribution in [3.05, 3.63) is 58.2 Å². The number of phenols is 2. The summed E-state index contributed by atoms with van der Waals surface area (Å²) in [6, 6.07) is 4.83. The standard InChI is InChI=1S/C22H22F2N4O2/c23-19-7-15-11-25-3-1-4-26-12-16-8-20(24)10-18(22(16)30)14-28-6-2-5-27-13-17(9-19)21(15)29/h7-14,29-30H,1-6H2. The molecule has 0 aromatic heterocycles. The summed E-state index contributed by atoms with van der Waals surface area (Å²) >= 11 is 0. The van der Waals surface area contributed by atoms with E-state index in [1.54, 1.807) is 0 Å². The predicted octanol–water partition coefficient (Wildman–Crippen LogP) is 3.55. The molecule has 0 saturated carbocycles. The first-order chi connectivity index (χ1) is 14.5. The minimum absolute atomic E-state index is 0.0784. The molecule has 1 aliphatic rings. The molecule has 0 aliphatic carbocycles. The van der Waals surface area contributed by atoms with Crippen molar-refractivity contribution in [3.8, 4) is 11.5 Å². The molecule has 6 nitrogen and oxygen atoms in total. The zero-order valence-corrected chi connectivity index (χ0v) is 16.3. The van der Waals surface area contributed by atoms with Crippen molar-refractivity contribution in [2.24, 2.45) is 20.0 Å². The fraction of sp³-hybridized carbons (Fsp3) is 0.273.